The molecule has 2 nitrogen and oxygen atoms in total. The van der Waals surface area contributed by atoms with E-state index < -0.39 is 6.10 Å². The van der Waals surface area contributed by atoms with Gasteiger partial charge in [-0.25, -0.2) is 0 Å². The highest BCUT2D eigenvalue weighted by molar-refractivity contribution is 6.35. The van der Waals surface area contributed by atoms with E-state index in [1.54, 1.807) is 36.4 Å². The fourth-order valence-electron chi connectivity index (χ4n) is 1.97. The Balaban J connectivity index is 2.25. The molecule has 1 unspecified atom stereocenters. The second kappa shape index (κ2) is 6.68. The molecule has 0 spiro atoms. The van der Waals surface area contributed by atoms with Gasteiger partial charge in [0.2, 0.25) is 0 Å². The summed E-state index contributed by atoms with van der Waals surface area (Å²) in [5.74, 6) is 0.551. The van der Waals surface area contributed by atoms with E-state index >= 15 is 0 Å². The van der Waals surface area contributed by atoms with Crippen molar-refractivity contribution >= 4 is 34.8 Å². The lowest BCUT2D eigenvalue weighted by molar-refractivity contribution is 0.174. The second-order valence-electron chi connectivity index (χ2n) is 4.34. The van der Waals surface area contributed by atoms with Gasteiger partial charge in [0.25, 0.3) is 0 Å². The SMILES string of the molecule is COc1cc(Cl)ccc1C(O)Cc1ccc(Cl)cc1Cl. The molecule has 0 saturated heterocycles. The summed E-state index contributed by atoms with van der Waals surface area (Å²) in [6.07, 6.45) is -0.366. The largest absolute Gasteiger partial charge is 0.496 e. The minimum absolute atomic E-state index is 0.369. The molecule has 20 heavy (non-hydrogen) atoms. The van der Waals surface area contributed by atoms with Gasteiger partial charge in [0.15, 0.2) is 0 Å². The molecule has 0 fully saturated rings. The van der Waals surface area contributed by atoms with E-state index in [-0.39, 0.29) is 0 Å². The lowest BCUT2D eigenvalue weighted by Crippen LogP contribution is -2.04. The van der Waals surface area contributed by atoms with E-state index in [4.69, 9.17) is 39.5 Å². The summed E-state index contributed by atoms with van der Waals surface area (Å²) in [7, 11) is 1.54. The minimum Gasteiger partial charge on any atom is -0.496 e. The summed E-state index contributed by atoms with van der Waals surface area (Å²) in [5, 5.41) is 12.0. The summed E-state index contributed by atoms with van der Waals surface area (Å²) < 4.78 is 5.24. The van der Waals surface area contributed by atoms with E-state index in [2.05, 4.69) is 0 Å². The first-order chi connectivity index (χ1) is 9.51. The Morgan fingerprint density at radius 1 is 1.05 bits per heavy atom. The number of hydrogen-bond donors (Lipinski definition) is 1. The third-order valence-electron chi connectivity index (χ3n) is 2.98. The molecule has 2 aromatic rings. The van der Waals surface area contributed by atoms with Gasteiger partial charge in [-0.1, -0.05) is 46.9 Å². The molecule has 106 valence electrons. The van der Waals surface area contributed by atoms with Gasteiger partial charge in [-0.3, -0.25) is 0 Å². The van der Waals surface area contributed by atoms with Crippen molar-refractivity contribution in [2.45, 2.75) is 12.5 Å². The first-order valence-corrected chi connectivity index (χ1v) is 7.10. The Hall–Kier alpha value is -0.930. The number of ether oxygens (including phenoxy) is 1. The van der Waals surface area contributed by atoms with Crippen molar-refractivity contribution in [2.75, 3.05) is 7.11 Å². The van der Waals surface area contributed by atoms with Crippen LogP contribution in [0.2, 0.25) is 15.1 Å². The number of hydrogen-bond acceptors (Lipinski definition) is 2. The molecule has 0 heterocycles. The number of aliphatic hydroxyl groups excluding tert-OH is 1. The van der Waals surface area contributed by atoms with E-state index in [1.165, 1.54) is 7.11 Å². The lowest BCUT2D eigenvalue weighted by Gasteiger charge is -2.16. The average Bonchev–Trinajstić information content (AvgIpc) is 2.41. The monoisotopic (exact) mass is 330 g/mol. The van der Waals surface area contributed by atoms with E-state index in [1.807, 2.05) is 0 Å². The van der Waals surface area contributed by atoms with Gasteiger partial charge < -0.3 is 9.84 Å². The number of methoxy groups -OCH3 is 1. The fourth-order valence-corrected chi connectivity index (χ4v) is 2.61. The van der Waals surface area contributed by atoms with Crippen LogP contribution in [0.3, 0.4) is 0 Å². The molecule has 0 radical (unpaired) electrons. The standard InChI is InChI=1S/C15H13Cl3O2/c1-20-15-8-11(17)4-5-12(15)14(19)6-9-2-3-10(16)7-13(9)18/h2-5,7-8,14,19H,6H2,1H3. The Kier molecular flexibility index (Phi) is 5.17. The highest BCUT2D eigenvalue weighted by Crippen LogP contribution is 2.32. The van der Waals surface area contributed by atoms with Gasteiger partial charge in [-0.2, -0.15) is 0 Å². The topological polar surface area (TPSA) is 29.5 Å². The summed E-state index contributed by atoms with van der Waals surface area (Å²) in [6, 6.07) is 10.3. The van der Waals surface area contributed by atoms with Crippen LogP contribution >= 0.6 is 34.8 Å². The highest BCUT2D eigenvalue weighted by atomic mass is 35.5. The molecule has 2 rings (SSSR count). The molecule has 0 aliphatic heterocycles. The Morgan fingerprint density at radius 3 is 2.35 bits per heavy atom. The van der Waals surface area contributed by atoms with Gasteiger partial charge in [0, 0.05) is 27.1 Å². The third kappa shape index (κ3) is 3.58. The zero-order valence-electron chi connectivity index (χ0n) is 10.7. The van der Waals surface area contributed by atoms with Gasteiger partial charge in [-0.15, -0.1) is 0 Å². The van der Waals surface area contributed by atoms with Crippen LogP contribution < -0.4 is 4.74 Å². The average molecular weight is 332 g/mol. The molecular formula is C15H13Cl3O2. The van der Waals surface area contributed by atoms with Crippen LogP contribution in [0.15, 0.2) is 36.4 Å². The number of halogens is 3. The van der Waals surface area contributed by atoms with Crippen molar-refractivity contribution in [2.24, 2.45) is 0 Å². The maximum absolute atomic E-state index is 10.4. The normalized spacial score (nSPS) is 12.2. The van der Waals surface area contributed by atoms with Crippen molar-refractivity contribution in [3.8, 4) is 5.75 Å². The van der Waals surface area contributed by atoms with E-state index in [9.17, 15) is 5.11 Å². The van der Waals surface area contributed by atoms with Crippen LogP contribution in [0.25, 0.3) is 0 Å². The number of benzene rings is 2. The molecular weight excluding hydrogens is 319 g/mol. The minimum atomic E-state index is -0.735. The molecule has 0 saturated carbocycles. The van der Waals surface area contributed by atoms with Crippen LogP contribution in [0.1, 0.15) is 17.2 Å². The van der Waals surface area contributed by atoms with Crippen molar-refractivity contribution in [3.05, 3.63) is 62.6 Å². The maximum Gasteiger partial charge on any atom is 0.126 e. The first kappa shape index (κ1) is 15.5. The van der Waals surface area contributed by atoms with Crippen molar-refractivity contribution < 1.29 is 9.84 Å². The molecule has 0 aliphatic carbocycles. The van der Waals surface area contributed by atoms with Crippen LogP contribution in [0, 0.1) is 0 Å². The molecule has 0 bridgehead atoms. The van der Waals surface area contributed by atoms with Crippen LogP contribution in [0.5, 0.6) is 5.75 Å². The Labute approximate surface area is 132 Å². The Morgan fingerprint density at radius 2 is 1.70 bits per heavy atom. The fraction of sp³-hybridized carbons (Fsp3) is 0.200. The van der Waals surface area contributed by atoms with Crippen molar-refractivity contribution in [3.63, 3.8) is 0 Å². The smallest absolute Gasteiger partial charge is 0.126 e. The van der Waals surface area contributed by atoms with Gasteiger partial charge in [-0.05, 0) is 29.8 Å². The zero-order valence-corrected chi connectivity index (χ0v) is 13.0. The molecule has 2 aromatic carbocycles. The molecule has 1 atom stereocenters. The number of aliphatic hydroxyl groups is 1. The lowest BCUT2D eigenvalue weighted by atomic mass is 10.0. The van der Waals surface area contributed by atoms with E-state index in [0.29, 0.717) is 32.8 Å². The maximum atomic E-state index is 10.4. The summed E-state index contributed by atoms with van der Waals surface area (Å²) in [4.78, 5) is 0. The summed E-state index contributed by atoms with van der Waals surface area (Å²) >= 11 is 17.9. The highest BCUT2D eigenvalue weighted by Gasteiger charge is 2.16. The molecule has 0 aliphatic rings. The number of rotatable bonds is 4. The van der Waals surface area contributed by atoms with Crippen LogP contribution in [-0.4, -0.2) is 12.2 Å². The molecule has 0 aromatic heterocycles. The molecule has 5 heteroatoms. The Bertz CT molecular complexity index is 614. The summed E-state index contributed by atoms with van der Waals surface area (Å²) in [5.41, 5.74) is 1.49. The summed E-state index contributed by atoms with van der Waals surface area (Å²) in [6.45, 7) is 0. The van der Waals surface area contributed by atoms with Gasteiger partial charge >= 0.3 is 0 Å². The first-order valence-electron chi connectivity index (χ1n) is 5.96. The molecule has 0 amide bonds. The second-order valence-corrected chi connectivity index (χ2v) is 5.62. The van der Waals surface area contributed by atoms with E-state index in [0.717, 1.165) is 5.56 Å². The van der Waals surface area contributed by atoms with Gasteiger partial charge in [0.05, 0.1) is 13.2 Å². The van der Waals surface area contributed by atoms with Crippen LogP contribution in [-0.2, 0) is 6.42 Å². The third-order valence-corrected chi connectivity index (χ3v) is 3.80. The predicted octanol–water partition coefficient (Wildman–Crippen LogP) is 4.93. The van der Waals surface area contributed by atoms with Gasteiger partial charge in [0.1, 0.15) is 5.75 Å². The molecule has 1 N–H and O–H groups in total. The predicted molar refractivity (Wildman–Crippen MR) is 83.1 cm³/mol. The van der Waals surface area contributed by atoms with Crippen molar-refractivity contribution in [1.29, 1.82) is 0 Å². The van der Waals surface area contributed by atoms with Crippen LogP contribution in [0.4, 0.5) is 0 Å². The zero-order chi connectivity index (χ0) is 14.7. The van der Waals surface area contributed by atoms with Crippen molar-refractivity contribution in [1.82, 2.24) is 0 Å². The quantitative estimate of drug-likeness (QED) is 0.860.